The van der Waals surface area contributed by atoms with Crippen molar-refractivity contribution in [3.8, 4) is 34.9 Å². The van der Waals surface area contributed by atoms with Crippen molar-refractivity contribution in [1.82, 2.24) is 24.7 Å². The summed E-state index contributed by atoms with van der Waals surface area (Å²) in [6, 6.07) is 14.7. The summed E-state index contributed by atoms with van der Waals surface area (Å²) in [4.78, 5) is 8.27. The number of hydrogen-bond donors (Lipinski definition) is 0. The molecule has 0 radical (unpaired) electrons. The van der Waals surface area contributed by atoms with Gasteiger partial charge in [-0.2, -0.15) is 15.2 Å². The van der Waals surface area contributed by atoms with Crippen LogP contribution in [0.25, 0.3) is 17.1 Å². The summed E-state index contributed by atoms with van der Waals surface area (Å²) in [6.45, 7) is 0. The van der Waals surface area contributed by atoms with Crippen LogP contribution in [0.4, 0.5) is 4.39 Å². The first kappa shape index (κ1) is 24.7. The Hall–Kier alpha value is -4.37. The van der Waals surface area contributed by atoms with Gasteiger partial charge in [0.1, 0.15) is 17.9 Å². The maximum atomic E-state index is 13.4. The van der Waals surface area contributed by atoms with Crippen LogP contribution in [0, 0.1) is 17.1 Å². The lowest BCUT2D eigenvalue weighted by molar-refractivity contribution is 0.368. The topological polar surface area (TPSA) is 133 Å². The Morgan fingerprint density at radius 3 is 2.36 bits per heavy atom. The molecule has 2 heterocycles. The van der Waals surface area contributed by atoms with Gasteiger partial charge in [-0.1, -0.05) is 36.4 Å². The molecule has 184 valence electrons. The van der Waals surface area contributed by atoms with Crippen LogP contribution in [0.1, 0.15) is 17.0 Å². The van der Waals surface area contributed by atoms with Crippen LogP contribution in [-0.4, -0.2) is 53.1 Å². The van der Waals surface area contributed by atoms with E-state index in [0.29, 0.717) is 17.0 Å². The number of sulfone groups is 1. The second-order valence-corrected chi connectivity index (χ2v) is 9.82. The molecule has 12 heteroatoms. The molecule has 0 amide bonds. The van der Waals surface area contributed by atoms with Gasteiger partial charge in [0.05, 0.1) is 31.6 Å². The number of benzene rings is 2. The number of methoxy groups -OCH3 is 2. The van der Waals surface area contributed by atoms with E-state index in [-0.39, 0.29) is 41.0 Å². The van der Waals surface area contributed by atoms with E-state index in [1.807, 2.05) is 24.3 Å². The van der Waals surface area contributed by atoms with Crippen molar-refractivity contribution in [1.29, 1.82) is 5.26 Å². The summed E-state index contributed by atoms with van der Waals surface area (Å²) in [5, 5.41) is 17.7. The standard InChI is InChI=1S/C24H21FN6O4S/c1-34-23-21(24(35-2)28-15-27-23)31-20(29-30-22(31)17-6-4-3-5-7-17)14-36(32,33)11-10-16-8-9-19(25)12-18(16)13-26/h3-9,12,15H,10-11,14H2,1-2H3. The number of ether oxygens (including phenoxy) is 2. The van der Waals surface area contributed by atoms with Crippen molar-refractivity contribution in [2.45, 2.75) is 12.2 Å². The van der Waals surface area contributed by atoms with E-state index in [2.05, 4.69) is 20.2 Å². The number of aromatic nitrogens is 5. The minimum Gasteiger partial charge on any atom is -0.479 e. The zero-order chi connectivity index (χ0) is 25.7. The minimum atomic E-state index is -3.76. The van der Waals surface area contributed by atoms with Crippen molar-refractivity contribution in [3.63, 3.8) is 0 Å². The lowest BCUT2D eigenvalue weighted by Crippen LogP contribution is -2.16. The molecular formula is C24H21FN6O4S. The average molecular weight is 509 g/mol. The highest BCUT2D eigenvalue weighted by atomic mass is 32.2. The minimum absolute atomic E-state index is 0.0340. The molecule has 0 N–H and O–H groups in total. The van der Waals surface area contributed by atoms with Gasteiger partial charge in [-0.05, 0) is 24.1 Å². The number of rotatable bonds is 9. The molecule has 0 aliphatic rings. The molecule has 2 aromatic heterocycles. The van der Waals surface area contributed by atoms with Crippen molar-refractivity contribution < 1.29 is 22.3 Å². The van der Waals surface area contributed by atoms with Crippen molar-refractivity contribution >= 4 is 9.84 Å². The first-order valence-electron chi connectivity index (χ1n) is 10.7. The molecule has 0 aliphatic heterocycles. The number of halogens is 1. The monoisotopic (exact) mass is 508 g/mol. The number of aryl methyl sites for hydroxylation is 1. The summed E-state index contributed by atoms with van der Waals surface area (Å²) in [5.41, 5.74) is 1.46. The van der Waals surface area contributed by atoms with Crippen molar-refractivity contribution in [2.75, 3.05) is 20.0 Å². The third kappa shape index (κ3) is 5.16. The third-order valence-electron chi connectivity index (χ3n) is 5.35. The van der Waals surface area contributed by atoms with E-state index in [9.17, 15) is 18.1 Å². The lowest BCUT2D eigenvalue weighted by Gasteiger charge is -2.15. The van der Waals surface area contributed by atoms with Crippen LogP contribution < -0.4 is 9.47 Å². The average Bonchev–Trinajstić information content (AvgIpc) is 3.29. The molecule has 4 aromatic rings. The molecule has 0 saturated heterocycles. The Bertz CT molecular complexity index is 1510. The number of hydrogen-bond acceptors (Lipinski definition) is 9. The first-order chi connectivity index (χ1) is 17.4. The molecule has 0 spiro atoms. The normalized spacial score (nSPS) is 11.2. The predicted molar refractivity (Wildman–Crippen MR) is 128 cm³/mol. The number of nitrogens with zero attached hydrogens (tertiary/aromatic N) is 6. The summed E-state index contributed by atoms with van der Waals surface area (Å²) in [7, 11) is -0.915. The van der Waals surface area contributed by atoms with Gasteiger partial charge in [0.25, 0.3) is 0 Å². The highest BCUT2D eigenvalue weighted by molar-refractivity contribution is 7.90. The predicted octanol–water partition coefficient (Wildman–Crippen LogP) is 2.91. The van der Waals surface area contributed by atoms with Gasteiger partial charge in [-0.15, -0.1) is 10.2 Å². The quantitative estimate of drug-likeness (QED) is 0.335. The largest absolute Gasteiger partial charge is 0.479 e. The van der Waals surface area contributed by atoms with Gasteiger partial charge in [-0.3, -0.25) is 4.57 Å². The van der Waals surface area contributed by atoms with Gasteiger partial charge in [0.2, 0.25) is 11.8 Å². The molecular weight excluding hydrogens is 487 g/mol. The molecule has 10 nitrogen and oxygen atoms in total. The molecule has 2 aromatic carbocycles. The zero-order valence-corrected chi connectivity index (χ0v) is 20.2. The smallest absolute Gasteiger partial charge is 0.245 e. The Morgan fingerprint density at radius 1 is 1.03 bits per heavy atom. The zero-order valence-electron chi connectivity index (χ0n) is 19.4. The van der Waals surface area contributed by atoms with Crippen molar-refractivity contribution in [3.05, 3.63) is 77.6 Å². The van der Waals surface area contributed by atoms with E-state index in [1.165, 1.54) is 37.2 Å². The van der Waals surface area contributed by atoms with Gasteiger partial charge < -0.3 is 9.47 Å². The summed E-state index contributed by atoms with van der Waals surface area (Å²) < 4.78 is 52.1. The summed E-state index contributed by atoms with van der Waals surface area (Å²) >= 11 is 0. The van der Waals surface area contributed by atoms with Crippen LogP contribution in [0.3, 0.4) is 0 Å². The molecule has 0 aliphatic carbocycles. The molecule has 0 bridgehead atoms. The van der Waals surface area contributed by atoms with Crippen LogP contribution in [0.2, 0.25) is 0 Å². The van der Waals surface area contributed by atoms with Gasteiger partial charge >= 0.3 is 0 Å². The first-order valence-corrected chi connectivity index (χ1v) is 12.5. The Kier molecular flexibility index (Phi) is 7.21. The van der Waals surface area contributed by atoms with E-state index >= 15 is 0 Å². The Balaban J connectivity index is 1.75. The van der Waals surface area contributed by atoms with Gasteiger partial charge in [0.15, 0.2) is 27.2 Å². The van der Waals surface area contributed by atoms with E-state index < -0.39 is 21.4 Å². The molecule has 0 fully saturated rings. The highest BCUT2D eigenvalue weighted by Crippen LogP contribution is 2.33. The SMILES string of the molecule is COc1ncnc(OC)c1-n1c(CS(=O)(=O)CCc2ccc(F)cc2C#N)nnc1-c1ccccc1. The van der Waals surface area contributed by atoms with Gasteiger partial charge in [-0.25, -0.2) is 12.8 Å². The van der Waals surface area contributed by atoms with Crippen molar-refractivity contribution in [2.24, 2.45) is 0 Å². The lowest BCUT2D eigenvalue weighted by atomic mass is 10.1. The van der Waals surface area contributed by atoms with Crippen LogP contribution in [-0.2, 0) is 22.0 Å². The highest BCUT2D eigenvalue weighted by Gasteiger charge is 2.27. The second-order valence-electron chi connectivity index (χ2n) is 7.64. The maximum absolute atomic E-state index is 13.4. The molecule has 0 unspecified atom stereocenters. The summed E-state index contributed by atoms with van der Waals surface area (Å²) in [5.74, 6) is -0.604. The molecule has 0 saturated carbocycles. The second kappa shape index (κ2) is 10.5. The molecule has 4 rings (SSSR count). The van der Waals surface area contributed by atoms with Gasteiger partial charge in [0, 0.05) is 5.56 Å². The fraction of sp³-hybridized carbons (Fsp3) is 0.208. The molecule has 36 heavy (non-hydrogen) atoms. The fourth-order valence-electron chi connectivity index (χ4n) is 3.66. The Labute approximate surface area is 206 Å². The van der Waals surface area contributed by atoms with Crippen LogP contribution in [0.5, 0.6) is 11.8 Å². The maximum Gasteiger partial charge on any atom is 0.245 e. The Morgan fingerprint density at radius 2 is 1.72 bits per heavy atom. The van der Waals surface area contributed by atoms with Crippen LogP contribution in [0.15, 0.2) is 54.9 Å². The number of nitriles is 1. The van der Waals surface area contributed by atoms with Crippen LogP contribution >= 0.6 is 0 Å². The third-order valence-corrected chi connectivity index (χ3v) is 6.88. The van der Waals surface area contributed by atoms with E-state index in [0.717, 1.165) is 6.07 Å². The molecule has 0 atom stereocenters. The summed E-state index contributed by atoms with van der Waals surface area (Å²) in [6.07, 6.45) is 1.30. The fourth-order valence-corrected chi connectivity index (χ4v) is 4.92. The van der Waals surface area contributed by atoms with E-state index in [1.54, 1.807) is 12.1 Å². The van der Waals surface area contributed by atoms with E-state index in [4.69, 9.17) is 9.47 Å².